The van der Waals surface area contributed by atoms with Crippen LogP contribution in [0.4, 0.5) is 0 Å². The summed E-state index contributed by atoms with van der Waals surface area (Å²) in [5, 5.41) is 26.1. The average Bonchev–Trinajstić information content (AvgIpc) is 2.64. The molecule has 0 atom stereocenters. The number of rotatable bonds is 12. The lowest BCUT2D eigenvalue weighted by molar-refractivity contribution is 0.459. The fraction of sp³-hybridized carbons (Fsp3) is 0.429. The van der Waals surface area contributed by atoms with E-state index in [0.717, 1.165) is 49.9 Å². The topological polar surface area (TPSA) is 90.5 Å². The first-order chi connectivity index (χ1) is 12.7. The first-order valence-corrected chi connectivity index (χ1v) is 9.37. The molecule has 0 aliphatic carbocycles. The number of phenols is 2. The maximum Gasteiger partial charge on any atom is 0.120 e. The number of phenolic OH excluding ortho intramolecular Hbond substituents is 2. The second-order valence-electron chi connectivity index (χ2n) is 6.66. The van der Waals surface area contributed by atoms with Crippen molar-refractivity contribution in [3.63, 3.8) is 0 Å². The van der Waals surface area contributed by atoms with Crippen LogP contribution in [0.3, 0.4) is 0 Å². The van der Waals surface area contributed by atoms with E-state index in [4.69, 9.17) is 5.73 Å². The molecule has 0 aliphatic rings. The van der Waals surface area contributed by atoms with E-state index in [1.165, 1.54) is 0 Å². The Kier molecular flexibility index (Phi) is 8.96. The molecule has 0 bridgehead atoms. The minimum atomic E-state index is 0.217. The number of benzene rings is 2. The molecule has 142 valence electrons. The Hall–Kier alpha value is -2.08. The van der Waals surface area contributed by atoms with Gasteiger partial charge in [0.05, 0.1) is 0 Å². The van der Waals surface area contributed by atoms with Gasteiger partial charge < -0.3 is 26.6 Å². The van der Waals surface area contributed by atoms with E-state index in [1.54, 1.807) is 12.1 Å². The quantitative estimate of drug-likeness (QED) is 0.377. The molecule has 0 fully saturated rings. The van der Waals surface area contributed by atoms with Crippen molar-refractivity contribution in [2.75, 3.05) is 13.1 Å². The minimum absolute atomic E-state index is 0.217. The lowest BCUT2D eigenvalue weighted by atomic mass is 10.1. The molecule has 5 nitrogen and oxygen atoms in total. The van der Waals surface area contributed by atoms with E-state index in [-0.39, 0.29) is 6.04 Å². The lowest BCUT2D eigenvalue weighted by Crippen LogP contribution is -2.24. The molecule has 2 aromatic carbocycles. The molecule has 0 amide bonds. The molecule has 2 rings (SSSR count). The summed E-state index contributed by atoms with van der Waals surface area (Å²) in [6, 6.07) is 15.0. The summed E-state index contributed by atoms with van der Waals surface area (Å²) in [7, 11) is 0. The van der Waals surface area contributed by atoms with E-state index < -0.39 is 0 Å². The smallest absolute Gasteiger partial charge is 0.120 e. The summed E-state index contributed by atoms with van der Waals surface area (Å²) in [6.07, 6.45) is 4.04. The van der Waals surface area contributed by atoms with Crippen molar-refractivity contribution in [2.45, 2.75) is 44.8 Å². The molecule has 2 aromatic rings. The third-order valence-electron chi connectivity index (χ3n) is 4.47. The molecular formula is C21H31N3O2. The van der Waals surface area contributed by atoms with Gasteiger partial charge in [0.15, 0.2) is 0 Å². The van der Waals surface area contributed by atoms with Gasteiger partial charge in [0.2, 0.25) is 0 Å². The maximum absolute atomic E-state index is 9.70. The molecule has 0 heterocycles. The third kappa shape index (κ3) is 7.44. The standard InChI is InChI=1S/C21H31N3O2/c22-19(9-5-13-23-15-17-7-1-3-11-20(17)25)10-6-14-24-16-18-8-2-4-12-21(18)26/h1-4,7-8,11-12,19,23-26H,5-6,9-10,13-16,22H2. The Labute approximate surface area is 156 Å². The predicted octanol–water partition coefficient (Wildman–Crippen LogP) is 2.86. The van der Waals surface area contributed by atoms with Crippen molar-refractivity contribution >= 4 is 0 Å². The number of hydrogen-bond acceptors (Lipinski definition) is 5. The van der Waals surface area contributed by atoms with Gasteiger partial charge in [-0.1, -0.05) is 36.4 Å². The highest BCUT2D eigenvalue weighted by molar-refractivity contribution is 5.32. The highest BCUT2D eigenvalue weighted by Crippen LogP contribution is 2.15. The van der Waals surface area contributed by atoms with Gasteiger partial charge in [0, 0.05) is 30.3 Å². The molecule has 0 saturated carbocycles. The molecular weight excluding hydrogens is 326 g/mol. The van der Waals surface area contributed by atoms with Crippen molar-refractivity contribution in [3.05, 3.63) is 59.7 Å². The molecule has 0 aliphatic heterocycles. The lowest BCUT2D eigenvalue weighted by Gasteiger charge is -2.13. The number of aromatic hydroxyl groups is 2. The second-order valence-corrected chi connectivity index (χ2v) is 6.66. The Morgan fingerprint density at radius 3 is 1.58 bits per heavy atom. The molecule has 0 saturated heterocycles. The van der Waals surface area contributed by atoms with Crippen LogP contribution in [0.1, 0.15) is 36.8 Å². The van der Waals surface area contributed by atoms with Gasteiger partial charge in [0.1, 0.15) is 11.5 Å². The Morgan fingerprint density at radius 1 is 0.731 bits per heavy atom. The van der Waals surface area contributed by atoms with E-state index in [1.807, 2.05) is 36.4 Å². The Bertz CT molecular complexity index is 593. The Balaban J connectivity index is 1.47. The third-order valence-corrected chi connectivity index (χ3v) is 4.47. The van der Waals surface area contributed by atoms with Crippen LogP contribution in [0.15, 0.2) is 48.5 Å². The summed E-state index contributed by atoms with van der Waals surface area (Å²) in [6.45, 7) is 3.15. The predicted molar refractivity (Wildman–Crippen MR) is 106 cm³/mol. The van der Waals surface area contributed by atoms with Gasteiger partial charge in [-0.25, -0.2) is 0 Å². The van der Waals surface area contributed by atoms with Gasteiger partial charge in [-0.05, 0) is 50.9 Å². The number of nitrogens with two attached hydrogens (primary N) is 1. The highest BCUT2D eigenvalue weighted by atomic mass is 16.3. The summed E-state index contributed by atoms with van der Waals surface area (Å²) in [4.78, 5) is 0. The fourth-order valence-electron chi connectivity index (χ4n) is 2.89. The van der Waals surface area contributed by atoms with Gasteiger partial charge in [0.25, 0.3) is 0 Å². The van der Waals surface area contributed by atoms with Crippen LogP contribution in [-0.4, -0.2) is 29.3 Å². The van der Waals surface area contributed by atoms with Gasteiger partial charge in [-0.3, -0.25) is 0 Å². The highest BCUT2D eigenvalue weighted by Gasteiger charge is 2.04. The molecule has 5 heteroatoms. The van der Waals surface area contributed by atoms with Crippen molar-refractivity contribution in [3.8, 4) is 11.5 Å². The molecule has 26 heavy (non-hydrogen) atoms. The second kappa shape index (κ2) is 11.5. The molecule has 0 radical (unpaired) electrons. The zero-order valence-corrected chi connectivity index (χ0v) is 15.3. The molecule has 0 aromatic heterocycles. The van der Waals surface area contributed by atoms with E-state index in [9.17, 15) is 10.2 Å². The van der Waals surface area contributed by atoms with Crippen molar-refractivity contribution in [1.29, 1.82) is 0 Å². The maximum atomic E-state index is 9.70. The SMILES string of the molecule is NC(CCCNCc1ccccc1O)CCCNCc1ccccc1O. The molecule has 0 unspecified atom stereocenters. The number of nitrogens with one attached hydrogen (secondary N) is 2. The summed E-state index contributed by atoms with van der Waals surface area (Å²) >= 11 is 0. The summed E-state index contributed by atoms with van der Waals surface area (Å²) in [5.41, 5.74) is 8.02. The largest absolute Gasteiger partial charge is 0.508 e. The molecule has 0 spiro atoms. The van der Waals surface area contributed by atoms with Crippen molar-refractivity contribution in [1.82, 2.24) is 10.6 Å². The van der Waals surface area contributed by atoms with Gasteiger partial charge in [-0.2, -0.15) is 0 Å². The minimum Gasteiger partial charge on any atom is -0.508 e. The zero-order valence-electron chi connectivity index (χ0n) is 15.3. The van der Waals surface area contributed by atoms with Crippen molar-refractivity contribution in [2.24, 2.45) is 5.73 Å². The van der Waals surface area contributed by atoms with Crippen LogP contribution in [0.2, 0.25) is 0 Å². The van der Waals surface area contributed by atoms with Crippen LogP contribution in [0, 0.1) is 0 Å². The van der Waals surface area contributed by atoms with Crippen molar-refractivity contribution < 1.29 is 10.2 Å². The molecule has 6 N–H and O–H groups in total. The average molecular weight is 357 g/mol. The van der Waals surface area contributed by atoms with E-state index in [0.29, 0.717) is 24.6 Å². The van der Waals surface area contributed by atoms with Gasteiger partial charge in [-0.15, -0.1) is 0 Å². The first-order valence-electron chi connectivity index (χ1n) is 9.37. The Morgan fingerprint density at radius 2 is 1.15 bits per heavy atom. The number of para-hydroxylation sites is 2. The number of hydrogen-bond donors (Lipinski definition) is 5. The van der Waals surface area contributed by atoms with Crippen LogP contribution in [0.5, 0.6) is 11.5 Å². The fourth-order valence-corrected chi connectivity index (χ4v) is 2.89. The van der Waals surface area contributed by atoms with Crippen LogP contribution in [0.25, 0.3) is 0 Å². The zero-order chi connectivity index (χ0) is 18.6. The van der Waals surface area contributed by atoms with E-state index in [2.05, 4.69) is 10.6 Å². The van der Waals surface area contributed by atoms with E-state index >= 15 is 0 Å². The first kappa shape index (κ1) is 20.2. The monoisotopic (exact) mass is 357 g/mol. The van der Waals surface area contributed by atoms with Crippen LogP contribution < -0.4 is 16.4 Å². The summed E-state index contributed by atoms with van der Waals surface area (Å²) in [5.74, 6) is 0.682. The summed E-state index contributed by atoms with van der Waals surface area (Å²) < 4.78 is 0. The van der Waals surface area contributed by atoms with Crippen LogP contribution in [-0.2, 0) is 13.1 Å². The van der Waals surface area contributed by atoms with Crippen LogP contribution >= 0.6 is 0 Å². The van der Waals surface area contributed by atoms with Gasteiger partial charge >= 0.3 is 0 Å². The normalized spacial score (nSPS) is 11.2.